The fraction of sp³-hybridized carbons (Fsp3) is 0.647. The van der Waals surface area contributed by atoms with Gasteiger partial charge in [-0.2, -0.15) is 0 Å². The van der Waals surface area contributed by atoms with Gasteiger partial charge in [-0.3, -0.25) is 0 Å². The fourth-order valence-corrected chi connectivity index (χ4v) is 2.11. The highest BCUT2D eigenvalue weighted by Crippen LogP contribution is 2.33. The van der Waals surface area contributed by atoms with Gasteiger partial charge in [0.05, 0.1) is 13.7 Å². The summed E-state index contributed by atoms with van der Waals surface area (Å²) in [5.74, 6) is 1.71. The second-order valence-corrected chi connectivity index (χ2v) is 4.76. The predicted molar refractivity (Wildman–Crippen MR) is 86.8 cm³/mol. The highest BCUT2D eigenvalue weighted by Gasteiger charge is 2.11. The van der Waals surface area contributed by atoms with Gasteiger partial charge in [0.2, 0.25) is 0 Å². The van der Waals surface area contributed by atoms with Crippen molar-refractivity contribution in [2.45, 2.75) is 59.9 Å². The molecular formula is C17H31NO2. The van der Waals surface area contributed by atoms with Crippen molar-refractivity contribution in [1.82, 2.24) is 0 Å². The zero-order valence-corrected chi connectivity index (χ0v) is 14.0. The lowest BCUT2D eigenvalue weighted by atomic mass is 10.0. The number of ether oxygens (including phenoxy) is 2. The molecule has 0 aromatic heterocycles. The minimum absolute atomic E-state index is 0.257. The Bertz CT molecular complexity index is 375. The summed E-state index contributed by atoms with van der Waals surface area (Å²) in [4.78, 5) is 0. The number of nitrogens with two attached hydrogens (primary N) is 1. The van der Waals surface area contributed by atoms with E-state index in [-0.39, 0.29) is 6.04 Å². The summed E-state index contributed by atoms with van der Waals surface area (Å²) < 4.78 is 11.1. The predicted octanol–water partition coefficient (Wildman–Crippen LogP) is 4.10. The summed E-state index contributed by atoms with van der Waals surface area (Å²) in [5.41, 5.74) is 8.19. The number of hydrogen-bond donors (Lipinski definition) is 1. The monoisotopic (exact) mass is 281 g/mol. The standard InChI is InChI=1S/C15H25NO2.C2H6/c1-5-18-14-10-11(2)9-13(15(14)17-4)8-6-7-12(3)16;1-2/h9-10,12H,5-8,16H2,1-4H3;1-2H3/t12-;/m0./s1. The SMILES string of the molecule is CC.CCOc1cc(C)cc(CCC[C@H](C)N)c1OC. The van der Waals surface area contributed by atoms with Crippen LogP contribution in [0.5, 0.6) is 11.5 Å². The molecular weight excluding hydrogens is 250 g/mol. The average molecular weight is 281 g/mol. The second-order valence-electron chi connectivity index (χ2n) is 4.76. The lowest BCUT2D eigenvalue weighted by Gasteiger charge is -2.15. The molecule has 3 heteroatoms. The largest absolute Gasteiger partial charge is 0.493 e. The summed E-state index contributed by atoms with van der Waals surface area (Å²) in [6.07, 6.45) is 3.08. The fourth-order valence-electron chi connectivity index (χ4n) is 2.11. The molecule has 0 bridgehead atoms. The quantitative estimate of drug-likeness (QED) is 0.818. The molecule has 0 aliphatic carbocycles. The van der Waals surface area contributed by atoms with Crippen LogP contribution in [0.4, 0.5) is 0 Å². The van der Waals surface area contributed by atoms with E-state index in [4.69, 9.17) is 15.2 Å². The van der Waals surface area contributed by atoms with E-state index < -0.39 is 0 Å². The van der Waals surface area contributed by atoms with Gasteiger partial charge >= 0.3 is 0 Å². The van der Waals surface area contributed by atoms with Crippen molar-refractivity contribution in [2.75, 3.05) is 13.7 Å². The molecule has 1 atom stereocenters. The average Bonchev–Trinajstić information content (AvgIpc) is 2.41. The third-order valence-corrected chi connectivity index (χ3v) is 2.89. The van der Waals surface area contributed by atoms with E-state index in [9.17, 15) is 0 Å². The molecule has 20 heavy (non-hydrogen) atoms. The van der Waals surface area contributed by atoms with E-state index >= 15 is 0 Å². The van der Waals surface area contributed by atoms with Crippen LogP contribution in [0.15, 0.2) is 12.1 Å². The van der Waals surface area contributed by atoms with Crippen LogP contribution < -0.4 is 15.2 Å². The molecule has 0 aliphatic rings. The van der Waals surface area contributed by atoms with Crippen LogP contribution in [0.25, 0.3) is 0 Å². The first-order valence-electron chi connectivity index (χ1n) is 7.64. The van der Waals surface area contributed by atoms with E-state index in [2.05, 4.69) is 13.0 Å². The minimum Gasteiger partial charge on any atom is -0.493 e. The molecule has 0 heterocycles. The Morgan fingerprint density at radius 2 is 1.90 bits per heavy atom. The van der Waals surface area contributed by atoms with Gasteiger partial charge in [-0.15, -0.1) is 0 Å². The van der Waals surface area contributed by atoms with E-state index in [1.165, 1.54) is 11.1 Å². The third-order valence-electron chi connectivity index (χ3n) is 2.89. The zero-order valence-electron chi connectivity index (χ0n) is 14.0. The van der Waals surface area contributed by atoms with Gasteiger partial charge in [0.1, 0.15) is 0 Å². The van der Waals surface area contributed by atoms with Crippen LogP contribution >= 0.6 is 0 Å². The smallest absolute Gasteiger partial charge is 0.163 e. The van der Waals surface area contributed by atoms with E-state index in [0.717, 1.165) is 30.8 Å². The van der Waals surface area contributed by atoms with E-state index in [1.54, 1.807) is 7.11 Å². The number of rotatable bonds is 7. The molecule has 0 aliphatic heterocycles. The molecule has 2 N–H and O–H groups in total. The van der Waals surface area contributed by atoms with Crippen LogP contribution in [-0.4, -0.2) is 19.8 Å². The Balaban J connectivity index is 0.00000172. The van der Waals surface area contributed by atoms with Crippen molar-refractivity contribution < 1.29 is 9.47 Å². The van der Waals surface area contributed by atoms with Crippen molar-refractivity contribution in [3.05, 3.63) is 23.3 Å². The first kappa shape index (κ1) is 18.8. The molecule has 1 aromatic rings. The van der Waals surface area contributed by atoms with Gasteiger partial charge in [-0.1, -0.05) is 19.9 Å². The summed E-state index contributed by atoms with van der Waals surface area (Å²) in [7, 11) is 1.70. The highest BCUT2D eigenvalue weighted by atomic mass is 16.5. The summed E-state index contributed by atoms with van der Waals surface area (Å²) in [6, 6.07) is 4.45. The van der Waals surface area contributed by atoms with Crippen molar-refractivity contribution in [2.24, 2.45) is 5.73 Å². The lowest BCUT2D eigenvalue weighted by Crippen LogP contribution is -2.14. The van der Waals surface area contributed by atoms with Crippen LogP contribution in [0.2, 0.25) is 0 Å². The molecule has 0 spiro atoms. The number of methoxy groups -OCH3 is 1. The molecule has 3 nitrogen and oxygen atoms in total. The van der Waals surface area contributed by atoms with Gasteiger partial charge < -0.3 is 15.2 Å². The summed E-state index contributed by atoms with van der Waals surface area (Å²) in [6.45, 7) is 10.8. The zero-order chi connectivity index (χ0) is 15.5. The first-order chi connectivity index (χ1) is 9.58. The maximum atomic E-state index is 5.78. The number of hydrogen-bond acceptors (Lipinski definition) is 3. The molecule has 1 aromatic carbocycles. The molecule has 0 amide bonds. The van der Waals surface area contributed by atoms with Gasteiger partial charge in [-0.05, 0) is 57.2 Å². The number of benzene rings is 1. The second kappa shape index (κ2) is 10.6. The maximum absolute atomic E-state index is 5.78. The third kappa shape index (κ3) is 6.29. The van der Waals surface area contributed by atoms with Crippen LogP contribution in [0.1, 0.15) is 51.7 Å². The van der Waals surface area contributed by atoms with Crippen molar-refractivity contribution in [3.63, 3.8) is 0 Å². The Morgan fingerprint density at radius 3 is 2.40 bits per heavy atom. The van der Waals surface area contributed by atoms with Crippen LogP contribution in [0.3, 0.4) is 0 Å². The molecule has 0 saturated heterocycles. The number of aryl methyl sites for hydroxylation is 2. The summed E-state index contributed by atoms with van der Waals surface area (Å²) >= 11 is 0. The highest BCUT2D eigenvalue weighted by molar-refractivity contribution is 5.49. The first-order valence-corrected chi connectivity index (χ1v) is 7.64. The molecule has 0 fully saturated rings. The van der Waals surface area contributed by atoms with Crippen molar-refractivity contribution in [1.29, 1.82) is 0 Å². The Hall–Kier alpha value is -1.22. The Labute approximate surface area is 124 Å². The summed E-state index contributed by atoms with van der Waals surface area (Å²) in [5, 5.41) is 0. The van der Waals surface area contributed by atoms with Gasteiger partial charge in [0.15, 0.2) is 11.5 Å². The van der Waals surface area contributed by atoms with Gasteiger partial charge in [0, 0.05) is 6.04 Å². The Kier molecular flexibility index (Phi) is 9.91. The van der Waals surface area contributed by atoms with Gasteiger partial charge in [-0.25, -0.2) is 0 Å². The lowest BCUT2D eigenvalue weighted by molar-refractivity contribution is 0.308. The molecule has 0 radical (unpaired) electrons. The van der Waals surface area contributed by atoms with E-state index in [0.29, 0.717) is 6.61 Å². The van der Waals surface area contributed by atoms with Crippen LogP contribution in [0, 0.1) is 6.92 Å². The van der Waals surface area contributed by atoms with Crippen molar-refractivity contribution >= 4 is 0 Å². The molecule has 1 rings (SSSR count). The van der Waals surface area contributed by atoms with Gasteiger partial charge in [0.25, 0.3) is 0 Å². The molecule has 0 saturated carbocycles. The van der Waals surface area contributed by atoms with Crippen LogP contribution in [-0.2, 0) is 6.42 Å². The molecule has 0 unspecified atom stereocenters. The van der Waals surface area contributed by atoms with E-state index in [1.807, 2.05) is 33.8 Å². The molecule has 116 valence electrons. The minimum atomic E-state index is 0.257. The topological polar surface area (TPSA) is 44.5 Å². The maximum Gasteiger partial charge on any atom is 0.163 e. The normalized spacial score (nSPS) is 11.3. The van der Waals surface area contributed by atoms with Crippen molar-refractivity contribution in [3.8, 4) is 11.5 Å². The Morgan fingerprint density at radius 1 is 1.25 bits per heavy atom.